The Bertz CT molecular complexity index is 1450. The lowest BCUT2D eigenvalue weighted by Gasteiger charge is -2.19. The number of nitrogens with one attached hydrogen (secondary N) is 1. The number of benzene rings is 3. The van der Waals surface area contributed by atoms with Crippen LogP contribution in [0.4, 0.5) is 10.6 Å². The van der Waals surface area contributed by atoms with Gasteiger partial charge in [-0.05, 0) is 27.8 Å². The molecule has 3 aromatic carbocycles. The summed E-state index contributed by atoms with van der Waals surface area (Å²) in [7, 11) is 1.58. The first-order chi connectivity index (χ1) is 18.4. The van der Waals surface area contributed by atoms with E-state index >= 15 is 0 Å². The highest BCUT2D eigenvalue weighted by Gasteiger charge is 2.29. The predicted octanol–water partition coefficient (Wildman–Crippen LogP) is 4.51. The number of anilines is 1. The maximum Gasteiger partial charge on any atom is 0.412 e. The quantitative estimate of drug-likeness (QED) is 0.361. The van der Waals surface area contributed by atoms with Crippen molar-refractivity contribution in [1.29, 1.82) is 0 Å². The molecule has 38 heavy (non-hydrogen) atoms. The second-order valence-electron chi connectivity index (χ2n) is 9.03. The van der Waals surface area contributed by atoms with Crippen molar-refractivity contribution in [3.8, 4) is 11.1 Å². The standard InChI is InChI=1S/C29H26N4O5/c1-32-26(15-25(31-32)28(36)33(17-27(34)35)16-19-9-3-2-4-10-19)30-29(37)38-18-24-22-13-7-5-11-20(22)21-12-6-8-14-23(21)24/h2-15,24H,16-18H2,1H3,(H,30,37)(H,34,35). The van der Waals surface area contributed by atoms with E-state index in [0.29, 0.717) is 0 Å². The minimum absolute atomic E-state index is 0.0126. The van der Waals surface area contributed by atoms with Crippen molar-refractivity contribution in [3.05, 3.63) is 107 Å². The van der Waals surface area contributed by atoms with Gasteiger partial charge >= 0.3 is 12.1 Å². The number of aryl methyl sites for hydroxylation is 1. The first-order valence-corrected chi connectivity index (χ1v) is 12.1. The first kappa shape index (κ1) is 24.8. The van der Waals surface area contributed by atoms with Gasteiger partial charge in [-0.1, -0.05) is 78.9 Å². The summed E-state index contributed by atoms with van der Waals surface area (Å²) in [5.74, 6) is -1.53. The Morgan fingerprint density at radius 1 is 0.947 bits per heavy atom. The summed E-state index contributed by atoms with van der Waals surface area (Å²) in [6.07, 6.45) is -0.680. The number of fused-ring (bicyclic) bond motifs is 3. The second kappa shape index (κ2) is 10.6. The molecule has 1 heterocycles. The number of amides is 2. The largest absolute Gasteiger partial charge is 0.480 e. The van der Waals surface area contributed by atoms with Gasteiger partial charge in [-0.3, -0.25) is 19.6 Å². The van der Waals surface area contributed by atoms with Gasteiger partial charge in [0.1, 0.15) is 19.0 Å². The van der Waals surface area contributed by atoms with Gasteiger partial charge in [0.25, 0.3) is 5.91 Å². The molecule has 0 radical (unpaired) electrons. The van der Waals surface area contributed by atoms with Crippen LogP contribution in [-0.2, 0) is 23.1 Å². The average molecular weight is 511 g/mol. The van der Waals surface area contributed by atoms with Crippen LogP contribution in [0.15, 0.2) is 84.9 Å². The summed E-state index contributed by atoms with van der Waals surface area (Å²) >= 11 is 0. The molecule has 1 aliphatic carbocycles. The minimum Gasteiger partial charge on any atom is -0.480 e. The Balaban J connectivity index is 1.26. The van der Waals surface area contributed by atoms with Gasteiger partial charge in [-0.15, -0.1) is 0 Å². The highest BCUT2D eigenvalue weighted by molar-refractivity contribution is 5.95. The molecule has 9 heteroatoms. The predicted molar refractivity (Wildman–Crippen MR) is 141 cm³/mol. The number of hydrogen-bond acceptors (Lipinski definition) is 5. The molecule has 2 amide bonds. The maximum atomic E-state index is 13.1. The number of carbonyl (C=O) groups excluding carboxylic acids is 2. The van der Waals surface area contributed by atoms with Crippen molar-refractivity contribution in [3.63, 3.8) is 0 Å². The molecule has 0 atom stereocenters. The molecule has 0 saturated carbocycles. The zero-order valence-corrected chi connectivity index (χ0v) is 20.7. The number of nitrogens with zero attached hydrogens (tertiary/aromatic N) is 3. The number of rotatable bonds is 8. The van der Waals surface area contributed by atoms with E-state index in [1.54, 1.807) is 7.05 Å². The zero-order valence-electron chi connectivity index (χ0n) is 20.7. The Morgan fingerprint density at radius 3 is 2.18 bits per heavy atom. The number of carbonyl (C=O) groups is 3. The fourth-order valence-corrected chi connectivity index (χ4v) is 4.76. The number of hydrogen-bond donors (Lipinski definition) is 2. The number of carboxylic acids is 1. The zero-order chi connectivity index (χ0) is 26.6. The Morgan fingerprint density at radius 2 is 1.55 bits per heavy atom. The maximum absolute atomic E-state index is 13.1. The van der Waals surface area contributed by atoms with E-state index in [-0.39, 0.29) is 30.6 Å². The third kappa shape index (κ3) is 5.12. The van der Waals surface area contributed by atoms with E-state index in [0.717, 1.165) is 27.8 Å². The Hall–Kier alpha value is -4.92. The highest BCUT2D eigenvalue weighted by atomic mass is 16.5. The van der Waals surface area contributed by atoms with Gasteiger partial charge < -0.3 is 14.7 Å². The van der Waals surface area contributed by atoms with Crippen LogP contribution in [0.25, 0.3) is 11.1 Å². The average Bonchev–Trinajstić information content (AvgIpc) is 3.44. The Kier molecular flexibility index (Phi) is 6.90. The lowest BCUT2D eigenvalue weighted by atomic mass is 9.98. The lowest BCUT2D eigenvalue weighted by molar-refractivity contribution is -0.137. The molecular weight excluding hydrogens is 484 g/mol. The van der Waals surface area contributed by atoms with Crippen LogP contribution in [0.3, 0.4) is 0 Å². The van der Waals surface area contributed by atoms with E-state index in [2.05, 4.69) is 22.5 Å². The summed E-state index contributed by atoms with van der Waals surface area (Å²) in [4.78, 5) is 38.4. The molecule has 9 nitrogen and oxygen atoms in total. The van der Waals surface area contributed by atoms with Crippen LogP contribution in [0.1, 0.15) is 33.1 Å². The van der Waals surface area contributed by atoms with Crippen molar-refractivity contribution in [2.24, 2.45) is 7.05 Å². The molecule has 0 spiro atoms. The highest BCUT2D eigenvalue weighted by Crippen LogP contribution is 2.44. The van der Waals surface area contributed by atoms with Gasteiger partial charge in [0.2, 0.25) is 0 Å². The normalized spacial score (nSPS) is 11.9. The molecule has 4 aromatic rings. The molecule has 0 bridgehead atoms. The van der Waals surface area contributed by atoms with E-state index in [1.807, 2.05) is 66.7 Å². The van der Waals surface area contributed by atoms with Crippen LogP contribution in [0.5, 0.6) is 0 Å². The summed E-state index contributed by atoms with van der Waals surface area (Å²) < 4.78 is 6.93. The molecule has 0 unspecified atom stereocenters. The molecule has 1 aliphatic rings. The summed E-state index contributed by atoms with van der Waals surface area (Å²) in [6, 6.07) is 26.6. The van der Waals surface area contributed by atoms with Gasteiger partial charge in [-0.25, -0.2) is 4.79 Å². The topological polar surface area (TPSA) is 114 Å². The third-order valence-electron chi connectivity index (χ3n) is 6.50. The molecule has 192 valence electrons. The van der Waals surface area contributed by atoms with Crippen molar-refractivity contribution < 1.29 is 24.2 Å². The summed E-state index contributed by atoms with van der Waals surface area (Å²) in [6.45, 7) is -0.232. The fourth-order valence-electron chi connectivity index (χ4n) is 4.76. The van der Waals surface area contributed by atoms with E-state index < -0.39 is 24.5 Å². The van der Waals surface area contributed by atoms with E-state index in [1.165, 1.54) is 15.6 Å². The number of ether oxygens (including phenoxy) is 1. The third-order valence-corrected chi connectivity index (χ3v) is 6.50. The van der Waals surface area contributed by atoms with Gasteiger partial charge in [-0.2, -0.15) is 5.10 Å². The number of aromatic nitrogens is 2. The van der Waals surface area contributed by atoms with Gasteiger partial charge in [0.05, 0.1) is 0 Å². The van der Waals surface area contributed by atoms with Crippen molar-refractivity contribution >= 4 is 23.8 Å². The SMILES string of the molecule is Cn1nc(C(=O)N(CC(=O)O)Cc2ccccc2)cc1NC(=O)OCC1c2ccccc2-c2ccccc21. The molecule has 5 rings (SSSR count). The van der Waals surface area contributed by atoms with Gasteiger partial charge in [0.15, 0.2) is 5.69 Å². The van der Waals surface area contributed by atoms with E-state index in [4.69, 9.17) is 4.74 Å². The van der Waals surface area contributed by atoms with E-state index in [9.17, 15) is 19.5 Å². The molecular formula is C29H26N4O5. The summed E-state index contributed by atoms with van der Waals surface area (Å²) in [5, 5.41) is 16.1. The first-order valence-electron chi connectivity index (χ1n) is 12.1. The molecule has 1 aromatic heterocycles. The van der Waals surface area contributed by atoms with Gasteiger partial charge in [0, 0.05) is 25.6 Å². The van der Waals surface area contributed by atoms with Crippen LogP contribution in [-0.4, -0.2) is 50.9 Å². The molecule has 0 saturated heterocycles. The monoisotopic (exact) mass is 510 g/mol. The Labute approximate surface area is 219 Å². The van der Waals surface area contributed by atoms with Crippen LogP contribution in [0, 0.1) is 0 Å². The fraction of sp³-hybridized carbons (Fsp3) is 0.172. The molecule has 2 N–H and O–H groups in total. The second-order valence-corrected chi connectivity index (χ2v) is 9.03. The molecule has 0 fully saturated rings. The van der Waals surface area contributed by atoms with Crippen LogP contribution in [0.2, 0.25) is 0 Å². The number of carboxylic acid groups (broad SMARTS) is 1. The number of aliphatic carboxylic acids is 1. The van der Waals surface area contributed by atoms with Crippen LogP contribution < -0.4 is 5.32 Å². The lowest BCUT2D eigenvalue weighted by Crippen LogP contribution is -2.35. The molecule has 0 aliphatic heterocycles. The van der Waals surface area contributed by atoms with Crippen molar-refractivity contribution in [2.45, 2.75) is 12.5 Å². The smallest absolute Gasteiger partial charge is 0.412 e. The minimum atomic E-state index is -1.14. The van der Waals surface area contributed by atoms with Crippen LogP contribution >= 0.6 is 0 Å². The van der Waals surface area contributed by atoms with Crippen molar-refractivity contribution in [1.82, 2.24) is 14.7 Å². The van der Waals surface area contributed by atoms with Crippen molar-refractivity contribution in [2.75, 3.05) is 18.5 Å². The summed E-state index contributed by atoms with van der Waals surface area (Å²) in [5.41, 5.74) is 5.27.